The molecule has 4 aromatic carbocycles. The van der Waals surface area contributed by atoms with Gasteiger partial charge in [-0.1, -0.05) is 67.9 Å². The predicted molar refractivity (Wildman–Crippen MR) is 176 cm³/mol. The second-order valence-corrected chi connectivity index (χ2v) is 11.4. The first-order chi connectivity index (χ1) is 20.3. The number of hydrogen-bond donors (Lipinski definition) is 0. The van der Waals surface area contributed by atoms with Gasteiger partial charge in [0.05, 0.1) is 5.52 Å². The maximum Gasteiger partial charge on any atom is 0.0512 e. The van der Waals surface area contributed by atoms with Crippen LogP contribution in [0.4, 0.5) is 17.1 Å². The summed E-state index contributed by atoms with van der Waals surface area (Å²) in [5, 5.41) is 2.61. The zero-order chi connectivity index (χ0) is 27.6. The van der Waals surface area contributed by atoms with Gasteiger partial charge in [0.15, 0.2) is 0 Å². The Bertz CT molecular complexity index is 1880. The van der Waals surface area contributed by atoms with E-state index in [1.807, 2.05) is 23.7 Å². The van der Waals surface area contributed by atoms with Crippen molar-refractivity contribution < 1.29 is 0 Å². The second kappa shape index (κ2) is 11.1. The quantitative estimate of drug-likeness (QED) is 0.188. The molecule has 0 radical (unpaired) electrons. The van der Waals surface area contributed by atoms with Gasteiger partial charge in [0.25, 0.3) is 0 Å². The fourth-order valence-corrected chi connectivity index (χ4v) is 6.71. The third-order valence-corrected chi connectivity index (χ3v) is 8.91. The van der Waals surface area contributed by atoms with Crippen LogP contribution in [0.1, 0.15) is 19.8 Å². The molecule has 0 atom stereocenters. The first-order valence-electron chi connectivity index (χ1n) is 14.3. The molecular formula is C37H31N3S. The summed E-state index contributed by atoms with van der Waals surface area (Å²) in [5.41, 5.74) is 8.52. The molecule has 0 fully saturated rings. The lowest BCUT2D eigenvalue weighted by molar-refractivity contribution is 0.665. The van der Waals surface area contributed by atoms with Gasteiger partial charge in [-0.05, 0) is 84.3 Å². The number of hydrogen-bond acceptors (Lipinski definition) is 3. The van der Waals surface area contributed by atoms with Gasteiger partial charge in [-0.25, -0.2) is 0 Å². The number of para-hydroxylation sites is 2. The van der Waals surface area contributed by atoms with Gasteiger partial charge >= 0.3 is 0 Å². The number of rotatable bonds is 8. The predicted octanol–water partition coefficient (Wildman–Crippen LogP) is 10.9. The number of fused-ring (bicyclic) bond motifs is 3. The van der Waals surface area contributed by atoms with Crippen LogP contribution < -0.4 is 4.90 Å². The average molecular weight is 550 g/mol. The molecule has 3 aromatic heterocycles. The van der Waals surface area contributed by atoms with Crippen LogP contribution >= 0.6 is 11.3 Å². The third-order valence-electron chi connectivity index (χ3n) is 7.73. The summed E-state index contributed by atoms with van der Waals surface area (Å²) in [7, 11) is 0. The molecule has 0 amide bonds. The van der Waals surface area contributed by atoms with E-state index in [0.717, 1.165) is 36.4 Å². The smallest absolute Gasteiger partial charge is 0.0512 e. The summed E-state index contributed by atoms with van der Waals surface area (Å²) in [5.74, 6) is 0. The van der Waals surface area contributed by atoms with Gasteiger partial charge in [-0.3, -0.25) is 4.98 Å². The minimum Gasteiger partial charge on any atom is -0.340 e. The molecule has 4 heteroatoms. The van der Waals surface area contributed by atoms with Crippen LogP contribution in [0.5, 0.6) is 0 Å². The van der Waals surface area contributed by atoms with Crippen LogP contribution in [-0.4, -0.2) is 9.55 Å². The molecule has 3 heterocycles. The SMILES string of the molecule is CCCCn1c2cc(-c3ccc(-c4ccncc4)s3)ccc2c2ccc(N(c3ccccc3)c3ccccc3)cc21. The molecule has 0 saturated heterocycles. The summed E-state index contributed by atoms with van der Waals surface area (Å²) in [6.45, 7) is 3.26. The number of unbranched alkanes of at least 4 members (excludes halogenated alkanes) is 1. The monoisotopic (exact) mass is 549 g/mol. The Morgan fingerprint density at radius 2 is 1.22 bits per heavy atom. The molecular weight excluding hydrogens is 518 g/mol. The molecule has 0 bridgehead atoms. The van der Waals surface area contributed by atoms with Crippen LogP contribution in [0.25, 0.3) is 42.7 Å². The average Bonchev–Trinajstić information content (AvgIpc) is 3.65. The van der Waals surface area contributed by atoms with Crippen LogP contribution in [0.2, 0.25) is 0 Å². The number of aryl methyl sites for hydroxylation is 1. The van der Waals surface area contributed by atoms with E-state index >= 15 is 0 Å². The second-order valence-electron chi connectivity index (χ2n) is 10.3. The van der Waals surface area contributed by atoms with Crippen LogP contribution in [0.3, 0.4) is 0 Å². The number of pyridine rings is 1. The molecule has 200 valence electrons. The van der Waals surface area contributed by atoms with Crippen molar-refractivity contribution in [2.75, 3.05) is 4.90 Å². The van der Waals surface area contributed by atoms with Gasteiger partial charge in [0, 0.05) is 62.0 Å². The lowest BCUT2D eigenvalue weighted by atomic mass is 10.1. The molecule has 0 aliphatic rings. The van der Waals surface area contributed by atoms with Gasteiger partial charge < -0.3 is 9.47 Å². The van der Waals surface area contributed by atoms with Gasteiger partial charge in [-0.2, -0.15) is 0 Å². The molecule has 7 aromatic rings. The summed E-state index contributed by atoms with van der Waals surface area (Å²) in [6.07, 6.45) is 6.01. The Morgan fingerprint density at radius 1 is 0.610 bits per heavy atom. The minimum absolute atomic E-state index is 0.993. The molecule has 0 aliphatic heterocycles. The van der Waals surface area contributed by atoms with Crippen LogP contribution in [0, 0.1) is 0 Å². The maximum absolute atomic E-state index is 4.18. The van der Waals surface area contributed by atoms with E-state index < -0.39 is 0 Å². The van der Waals surface area contributed by atoms with Crippen molar-refractivity contribution in [2.45, 2.75) is 26.3 Å². The van der Waals surface area contributed by atoms with Crippen LogP contribution in [0.15, 0.2) is 134 Å². The molecule has 3 nitrogen and oxygen atoms in total. The lowest BCUT2D eigenvalue weighted by Crippen LogP contribution is -2.09. The lowest BCUT2D eigenvalue weighted by Gasteiger charge is -2.25. The molecule has 0 spiro atoms. The Labute approximate surface area is 245 Å². The molecule has 0 unspecified atom stereocenters. The molecule has 0 saturated carbocycles. The topological polar surface area (TPSA) is 21.1 Å². The van der Waals surface area contributed by atoms with Crippen molar-refractivity contribution in [2.24, 2.45) is 0 Å². The van der Waals surface area contributed by atoms with E-state index in [9.17, 15) is 0 Å². The van der Waals surface area contributed by atoms with Crippen molar-refractivity contribution in [3.05, 3.63) is 134 Å². The third kappa shape index (κ3) is 4.81. The summed E-state index contributed by atoms with van der Waals surface area (Å²) < 4.78 is 2.53. The van der Waals surface area contributed by atoms with E-state index in [1.54, 1.807) is 0 Å². The Morgan fingerprint density at radius 3 is 1.88 bits per heavy atom. The summed E-state index contributed by atoms with van der Waals surface area (Å²) >= 11 is 1.84. The maximum atomic E-state index is 4.18. The Balaban J connectivity index is 1.37. The highest BCUT2D eigenvalue weighted by Crippen LogP contribution is 2.40. The van der Waals surface area contributed by atoms with Crippen molar-refractivity contribution in [1.82, 2.24) is 9.55 Å². The molecule has 7 rings (SSSR count). The fourth-order valence-electron chi connectivity index (χ4n) is 5.70. The van der Waals surface area contributed by atoms with Crippen molar-refractivity contribution >= 4 is 50.2 Å². The van der Waals surface area contributed by atoms with Crippen molar-refractivity contribution in [1.29, 1.82) is 0 Å². The normalized spacial score (nSPS) is 11.3. The zero-order valence-corrected chi connectivity index (χ0v) is 23.9. The first kappa shape index (κ1) is 25.3. The van der Waals surface area contributed by atoms with E-state index in [2.05, 4.69) is 143 Å². The number of benzene rings is 4. The number of nitrogens with zero attached hydrogens (tertiary/aromatic N) is 3. The fraction of sp³-hybridized carbons (Fsp3) is 0.108. The standard InChI is InChI=1S/C37H31N3S/c1-2-3-24-39-34-25-28(37-19-18-36(41-37)27-20-22-38-23-21-27)14-16-32(34)33-17-15-31(26-35(33)39)40(29-10-6-4-7-11-29)30-12-8-5-9-13-30/h4-23,25-26H,2-3,24H2,1H3. The van der Waals surface area contributed by atoms with Crippen molar-refractivity contribution in [3.63, 3.8) is 0 Å². The Hall–Kier alpha value is -4.67. The molecule has 0 aliphatic carbocycles. The summed E-state index contributed by atoms with van der Waals surface area (Å²) in [6, 6.07) is 43.8. The molecule has 41 heavy (non-hydrogen) atoms. The first-order valence-corrected chi connectivity index (χ1v) is 15.1. The van der Waals surface area contributed by atoms with E-state index in [1.165, 1.54) is 42.7 Å². The van der Waals surface area contributed by atoms with E-state index in [0.29, 0.717) is 0 Å². The van der Waals surface area contributed by atoms with Gasteiger partial charge in [-0.15, -0.1) is 11.3 Å². The minimum atomic E-state index is 0.993. The number of aromatic nitrogens is 2. The van der Waals surface area contributed by atoms with Crippen LogP contribution in [-0.2, 0) is 6.54 Å². The summed E-state index contributed by atoms with van der Waals surface area (Å²) in [4.78, 5) is 9.07. The highest BCUT2D eigenvalue weighted by Gasteiger charge is 2.17. The van der Waals surface area contributed by atoms with E-state index in [-0.39, 0.29) is 0 Å². The van der Waals surface area contributed by atoms with E-state index in [4.69, 9.17) is 0 Å². The largest absolute Gasteiger partial charge is 0.340 e. The number of anilines is 3. The molecule has 0 N–H and O–H groups in total. The van der Waals surface area contributed by atoms with Crippen molar-refractivity contribution in [3.8, 4) is 20.9 Å². The Kier molecular flexibility index (Phi) is 6.83. The number of thiophene rings is 1. The van der Waals surface area contributed by atoms with Gasteiger partial charge in [0.1, 0.15) is 0 Å². The highest BCUT2D eigenvalue weighted by atomic mass is 32.1. The van der Waals surface area contributed by atoms with Gasteiger partial charge in [0.2, 0.25) is 0 Å². The highest BCUT2D eigenvalue weighted by molar-refractivity contribution is 7.18. The zero-order valence-electron chi connectivity index (χ0n) is 23.1.